The van der Waals surface area contributed by atoms with Gasteiger partial charge in [0.25, 0.3) is 5.56 Å². The van der Waals surface area contributed by atoms with Crippen molar-refractivity contribution < 1.29 is 9.66 Å². The van der Waals surface area contributed by atoms with E-state index in [0.717, 1.165) is 10.9 Å². The van der Waals surface area contributed by atoms with Crippen LogP contribution in [0.15, 0.2) is 44.7 Å². The minimum atomic E-state index is -0.563. The number of nitrogens with zero attached hydrogens (tertiary/aromatic N) is 4. The summed E-state index contributed by atoms with van der Waals surface area (Å²) in [5.74, 6) is 0.479. The molecule has 0 radical (unpaired) electrons. The molecule has 0 fully saturated rings. The minimum absolute atomic E-state index is 0.0350. The maximum atomic E-state index is 13.3. The third-order valence-electron chi connectivity index (χ3n) is 4.81. The lowest BCUT2D eigenvalue weighted by molar-refractivity contribution is -0.386. The highest BCUT2D eigenvalue weighted by molar-refractivity contribution is 9.10. The molecule has 0 amide bonds. The highest BCUT2D eigenvalue weighted by atomic mass is 79.9. The molecular weight excluding hydrogens is 500 g/mol. The third-order valence-corrected chi connectivity index (χ3v) is 5.52. The van der Waals surface area contributed by atoms with Gasteiger partial charge in [0, 0.05) is 27.0 Å². The first-order chi connectivity index (χ1) is 15.1. The molecule has 1 heterocycles. The lowest BCUT2D eigenvalue weighted by Gasteiger charge is -2.15. The molecule has 0 N–H and O–H groups in total. The predicted molar refractivity (Wildman–Crippen MR) is 129 cm³/mol. The molecule has 0 aliphatic carbocycles. The maximum absolute atomic E-state index is 13.3. The van der Waals surface area contributed by atoms with Crippen molar-refractivity contribution in [3.63, 3.8) is 0 Å². The Labute approximate surface area is 198 Å². The molecule has 2 aromatic carbocycles. The molecule has 168 valence electrons. The van der Waals surface area contributed by atoms with Crippen molar-refractivity contribution in [1.82, 2.24) is 9.66 Å². The highest BCUT2D eigenvalue weighted by Gasteiger charge is 2.22. The van der Waals surface area contributed by atoms with Crippen molar-refractivity contribution in [2.45, 2.75) is 46.1 Å². The summed E-state index contributed by atoms with van der Waals surface area (Å²) in [6, 6.07) is 8.02. The number of benzene rings is 2. The van der Waals surface area contributed by atoms with Crippen molar-refractivity contribution >= 4 is 50.3 Å². The van der Waals surface area contributed by atoms with E-state index in [2.05, 4.69) is 26.0 Å². The van der Waals surface area contributed by atoms with E-state index >= 15 is 0 Å². The van der Waals surface area contributed by atoms with E-state index in [9.17, 15) is 14.9 Å². The normalized spacial score (nSPS) is 12.6. The SMILES string of the molecule is CC[C@@H](C)c1nc2ccc(Br)cc2c(=O)n1N=Cc1cc(Cl)cc([N+](=O)[O-])c1OC(C)C. The van der Waals surface area contributed by atoms with Crippen LogP contribution < -0.4 is 10.3 Å². The van der Waals surface area contributed by atoms with E-state index in [4.69, 9.17) is 16.3 Å². The molecule has 0 unspecified atom stereocenters. The maximum Gasteiger partial charge on any atom is 0.313 e. The Kier molecular flexibility index (Phi) is 7.30. The van der Waals surface area contributed by atoms with Gasteiger partial charge in [0.15, 0.2) is 0 Å². The van der Waals surface area contributed by atoms with Gasteiger partial charge in [-0.25, -0.2) is 4.98 Å². The van der Waals surface area contributed by atoms with Gasteiger partial charge in [-0.2, -0.15) is 9.78 Å². The summed E-state index contributed by atoms with van der Waals surface area (Å²) in [6.45, 7) is 7.47. The molecule has 10 heteroatoms. The second-order valence-electron chi connectivity index (χ2n) is 7.57. The Morgan fingerprint density at radius 1 is 1.31 bits per heavy atom. The first-order valence-electron chi connectivity index (χ1n) is 10.0. The lowest BCUT2D eigenvalue weighted by atomic mass is 10.1. The average Bonchev–Trinajstić information content (AvgIpc) is 2.73. The summed E-state index contributed by atoms with van der Waals surface area (Å²) in [7, 11) is 0. The highest BCUT2D eigenvalue weighted by Crippen LogP contribution is 2.34. The Morgan fingerprint density at radius 3 is 2.66 bits per heavy atom. The molecule has 0 saturated carbocycles. The van der Waals surface area contributed by atoms with Crippen molar-refractivity contribution in [2.75, 3.05) is 0 Å². The molecule has 32 heavy (non-hydrogen) atoms. The molecule has 3 rings (SSSR count). The van der Waals surface area contributed by atoms with Gasteiger partial charge in [0.2, 0.25) is 5.75 Å². The van der Waals surface area contributed by atoms with Crippen LogP contribution in [0.25, 0.3) is 10.9 Å². The number of ether oxygens (including phenoxy) is 1. The van der Waals surface area contributed by atoms with Gasteiger partial charge in [-0.3, -0.25) is 14.9 Å². The number of halogens is 2. The van der Waals surface area contributed by atoms with Crippen LogP contribution in [0.1, 0.15) is 51.4 Å². The molecule has 3 aromatic rings. The zero-order valence-electron chi connectivity index (χ0n) is 18.0. The Hall–Kier alpha value is -2.78. The van der Waals surface area contributed by atoms with E-state index < -0.39 is 4.92 Å². The van der Waals surface area contributed by atoms with E-state index in [1.165, 1.54) is 23.0 Å². The molecule has 0 saturated heterocycles. The van der Waals surface area contributed by atoms with E-state index in [0.29, 0.717) is 16.7 Å². The van der Waals surface area contributed by atoms with Crippen LogP contribution in [0.4, 0.5) is 5.69 Å². The van der Waals surface area contributed by atoms with Crippen LogP contribution in [-0.2, 0) is 0 Å². The van der Waals surface area contributed by atoms with Gasteiger partial charge in [-0.05, 0) is 44.5 Å². The number of hydrogen-bond donors (Lipinski definition) is 0. The molecule has 8 nitrogen and oxygen atoms in total. The van der Waals surface area contributed by atoms with Gasteiger partial charge >= 0.3 is 5.69 Å². The number of fused-ring (bicyclic) bond motifs is 1. The zero-order chi connectivity index (χ0) is 23.6. The Balaban J connectivity index is 2.25. The van der Waals surface area contributed by atoms with Gasteiger partial charge in [-0.15, -0.1) is 0 Å². The molecule has 0 aliphatic heterocycles. The number of nitro groups is 1. The largest absolute Gasteiger partial charge is 0.484 e. The molecule has 0 aliphatic rings. The summed E-state index contributed by atoms with van der Waals surface area (Å²) in [6.07, 6.45) is 1.77. The zero-order valence-corrected chi connectivity index (χ0v) is 20.3. The summed E-state index contributed by atoms with van der Waals surface area (Å²) in [4.78, 5) is 28.9. The standard InChI is InChI=1S/C22H22BrClN4O4/c1-5-13(4)21-26-18-7-6-15(23)9-17(18)22(29)27(21)25-11-14-8-16(24)10-19(28(30)31)20(14)32-12(2)3/h6-13H,5H2,1-4H3/t13-/m1/s1. The van der Waals surface area contributed by atoms with Crippen molar-refractivity contribution in [3.8, 4) is 5.75 Å². The second-order valence-corrected chi connectivity index (χ2v) is 8.92. The summed E-state index contributed by atoms with van der Waals surface area (Å²) in [5, 5.41) is 16.5. The summed E-state index contributed by atoms with van der Waals surface area (Å²) in [5.41, 5.74) is 0.241. The van der Waals surface area contributed by atoms with Crippen LogP contribution >= 0.6 is 27.5 Å². The fourth-order valence-electron chi connectivity index (χ4n) is 3.09. The summed E-state index contributed by atoms with van der Waals surface area (Å²) < 4.78 is 7.67. The van der Waals surface area contributed by atoms with Crippen LogP contribution in [-0.4, -0.2) is 26.9 Å². The predicted octanol–water partition coefficient (Wildman–Crippen LogP) is 5.90. The first-order valence-corrected chi connectivity index (χ1v) is 11.2. The van der Waals surface area contributed by atoms with Crippen molar-refractivity contribution in [2.24, 2.45) is 5.10 Å². The minimum Gasteiger partial charge on any atom is -0.484 e. The number of aromatic nitrogens is 2. The topological polar surface area (TPSA) is 99.6 Å². The average molecular weight is 522 g/mol. The van der Waals surface area contributed by atoms with E-state index in [1.807, 2.05) is 19.9 Å². The quantitative estimate of drug-likeness (QED) is 0.219. The van der Waals surface area contributed by atoms with Crippen LogP contribution in [0, 0.1) is 10.1 Å². The second kappa shape index (κ2) is 9.79. The third kappa shape index (κ3) is 4.99. The van der Waals surface area contributed by atoms with Crippen LogP contribution in [0.3, 0.4) is 0 Å². The lowest BCUT2D eigenvalue weighted by Crippen LogP contribution is -2.23. The van der Waals surface area contributed by atoms with Gasteiger partial charge < -0.3 is 4.74 Å². The number of hydrogen-bond acceptors (Lipinski definition) is 6. The van der Waals surface area contributed by atoms with Crippen molar-refractivity contribution in [3.05, 3.63) is 71.7 Å². The van der Waals surface area contributed by atoms with Gasteiger partial charge in [-0.1, -0.05) is 41.4 Å². The molecular formula is C22H22BrClN4O4. The van der Waals surface area contributed by atoms with Crippen LogP contribution in [0.2, 0.25) is 5.02 Å². The van der Waals surface area contributed by atoms with Crippen molar-refractivity contribution in [1.29, 1.82) is 0 Å². The molecule has 0 bridgehead atoms. The fourth-order valence-corrected chi connectivity index (χ4v) is 3.68. The Bertz CT molecular complexity index is 1270. The summed E-state index contributed by atoms with van der Waals surface area (Å²) >= 11 is 9.49. The first kappa shape index (κ1) is 23.9. The van der Waals surface area contributed by atoms with Gasteiger partial charge in [0.1, 0.15) is 5.82 Å². The number of nitro benzene ring substituents is 1. The Morgan fingerprint density at radius 2 is 2.03 bits per heavy atom. The molecule has 1 aromatic heterocycles. The smallest absolute Gasteiger partial charge is 0.313 e. The molecule has 0 spiro atoms. The molecule has 1 atom stereocenters. The van der Waals surface area contributed by atoms with Gasteiger partial charge in [0.05, 0.1) is 28.1 Å². The number of rotatable bonds is 7. The van der Waals surface area contributed by atoms with Crippen LogP contribution in [0.5, 0.6) is 5.75 Å². The fraction of sp³-hybridized carbons (Fsp3) is 0.318. The monoisotopic (exact) mass is 520 g/mol. The van der Waals surface area contributed by atoms with E-state index in [-0.39, 0.29) is 39.6 Å². The van der Waals surface area contributed by atoms with E-state index in [1.54, 1.807) is 26.0 Å².